The van der Waals surface area contributed by atoms with Crippen molar-refractivity contribution in [3.05, 3.63) is 17.3 Å². The Balaban J connectivity index is 2.60. The van der Waals surface area contributed by atoms with Crippen LogP contribution in [-0.2, 0) is 16.1 Å². The molecule has 5 heteroatoms. The van der Waals surface area contributed by atoms with E-state index in [0.717, 1.165) is 11.5 Å². The van der Waals surface area contributed by atoms with Crippen LogP contribution in [0.4, 0.5) is 0 Å². The fourth-order valence-electron chi connectivity index (χ4n) is 1.64. The van der Waals surface area contributed by atoms with Crippen molar-refractivity contribution in [1.29, 1.82) is 0 Å². The van der Waals surface area contributed by atoms with Crippen molar-refractivity contribution in [1.82, 2.24) is 9.88 Å². The number of ether oxygens (including phenoxy) is 1. The molecule has 0 spiro atoms. The van der Waals surface area contributed by atoms with E-state index in [1.54, 1.807) is 0 Å². The van der Waals surface area contributed by atoms with E-state index < -0.39 is 0 Å². The summed E-state index contributed by atoms with van der Waals surface area (Å²) in [6.45, 7) is 9.25. The van der Waals surface area contributed by atoms with Gasteiger partial charge >= 0.3 is 5.97 Å². The van der Waals surface area contributed by atoms with Crippen LogP contribution in [0.25, 0.3) is 0 Å². The Morgan fingerprint density at radius 3 is 2.56 bits per heavy atom. The number of oxazole rings is 1. The number of esters is 1. The highest BCUT2D eigenvalue weighted by Crippen LogP contribution is 2.12. The number of rotatable bonds is 6. The lowest BCUT2D eigenvalue weighted by atomic mass is 10.3. The van der Waals surface area contributed by atoms with Gasteiger partial charge in [0.05, 0.1) is 25.8 Å². The zero-order chi connectivity index (χ0) is 13.7. The van der Waals surface area contributed by atoms with Crippen LogP contribution >= 0.6 is 0 Å². The van der Waals surface area contributed by atoms with E-state index in [9.17, 15) is 4.79 Å². The van der Waals surface area contributed by atoms with E-state index >= 15 is 0 Å². The van der Waals surface area contributed by atoms with E-state index in [1.807, 2.05) is 13.8 Å². The Kier molecular flexibility index (Phi) is 5.34. The molecule has 18 heavy (non-hydrogen) atoms. The molecule has 0 saturated carbocycles. The Hall–Kier alpha value is -1.36. The molecule has 102 valence electrons. The number of aryl methyl sites for hydroxylation is 2. The molecule has 0 amide bonds. The minimum atomic E-state index is -0.194. The second-order valence-corrected chi connectivity index (χ2v) is 4.64. The summed E-state index contributed by atoms with van der Waals surface area (Å²) in [6.07, 6.45) is 0.382. The van der Waals surface area contributed by atoms with Crippen molar-refractivity contribution < 1.29 is 13.9 Å². The molecule has 0 aliphatic carbocycles. The third-order valence-corrected chi connectivity index (χ3v) is 2.97. The first-order valence-electron chi connectivity index (χ1n) is 6.17. The smallest absolute Gasteiger partial charge is 0.306 e. The molecule has 1 aromatic heterocycles. The van der Waals surface area contributed by atoms with E-state index in [0.29, 0.717) is 31.4 Å². The molecule has 1 aromatic rings. The van der Waals surface area contributed by atoms with Gasteiger partial charge in [-0.05, 0) is 27.7 Å². The Labute approximate surface area is 108 Å². The maximum absolute atomic E-state index is 11.2. The van der Waals surface area contributed by atoms with Gasteiger partial charge in [-0.1, -0.05) is 0 Å². The molecule has 0 radical (unpaired) electrons. The summed E-state index contributed by atoms with van der Waals surface area (Å²) in [5, 5.41) is 0. The van der Waals surface area contributed by atoms with Gasteiger partial charge in [0.15, 0.2) is 0 Å². The fraction of sp³-hybridized carbons (Fsp3) is 0.692. The molecule has 1 rings (SSSR count). The number of carbonyl (C=O) groups is 1. The molecule has 0 fully saturated rings. The molecule has 0 aliphatic heterocycles. The van der Waals surface area contributed by atoms with Gasteiger partial charge in [-0.2, -0.15) is 0 Å². The summed E-state index contributed by atoms with van der Waals surface area (Å²) >= 11 is 0. The molecular weight excluding hydrogens is 232 g/mol. The predicted octanol–water partition coefficient (Wildman–Crippen LogP) is 2.06. The van der Waals surface area contributed by atoms with Crippen molar-refractivity contribution in [2.45, 2.75) is 46.7 Å². The highest BCUT2D eigenvalue weighted by atomic mass is 16.5. The quantitative estimate of drug-likeness (QED) is 0.727. The lowest BCUT2D eigenvalue weighted by molar-refractivity contribution is -0.141. The topological polar surface area (TPSA) is 55.6 Å². The molecule has 5 nitrogen and oxygen atoms in total. The van der Waals surface area contributed by atoms with Gasteiger partial charge in [0.25, 0.3) is 0 Å². The standard InChI is InChI=1S/C13H22N2O3/c1-9(2)15(7-6-13(16)17-5)8-12-14-10(3)11(4)18-12/h9H,6-8H2,1-5H3. The largest absolute Gasteiger partial charge is 0.469 e. The highest BCUT2D eigenvalue weighted by Gasteiger charge is 2.16. The summed E-state index contributed by atoms with van der Waals surface area (Å²) in [6, 6.07) is 0.321. The first-order chi connectivity index (χ1) is 8.43. The van der Waals surface area contributed by atoms with Gasteiger partial charge in [0, 0.05) is 12.6 Å². The average molecular weight is 254 g/mol. The molecule has 0 aliphatic rings. The van der Waals surface area contributed by atoms with Gasteiger partial charge in [-0.3, -0.25) is 9.69 Å². The third kappa shape index (κ3) is 4.14. The second-order valence-electron chi connectivity index (χ2n) is 4.64. The lowest BCUT2D eigenvalue weighted by Crippen LogP contribution is -2.32. The minimum absolute atomic E-state index is 0.194. The first-order valence-corrected chi connectivity index (χ1v) is 6.17. The van der Waals surface area contributed by atoms with Crippen LogP contribution in [-0.4, -0.2) is 35.5 Å². The molecule has 0 unspecified atom stereocenters. The number of hydrogen-bond acceptors (Lipinski definition) is 5. The Morgan fingerprint density at radius 2 is 2.11 bits per heavy atom. The molecule has 0 aromatic carbocycles. The zero-order valence-electron chi connectivity index (χ0n) is 11.8. The molecular formula is C13H22N2O3. The van der Waals surface area contributed by atoms with E-state index in [2.05, 4.69) is 28.5 Å². The fourth-order valence-corrected chi connectivity index (χ4v) is 1.64. The van der Waals surface area contributed by atoms with Gasteiger partial charge < -0.3 is 9.15 Å². The molecule has 0 saturated heterocycles. The lowest BCUT2D eigenvalue weighted by Gasteiger charge is -2.24. The number of hydrogen-bond donors (Lipinski definition) is 0. The number of nitrogens with zero attached hydrogens (tertiary/aromatic N) is 2. The van der Waals surface area contributed by atoms with Gasteiger partial charge in [0.2, 0.25) is 5.89 Å². The van der Waals surface area contributed by atoms with Crippen molar-refractivity contribution in [3.63, 3.8) is 0 Å². The SMILES string of the molecule is COC(=O)CCN(Cc1nc(C)c(C)o1)C(C)C. The highest BCUT2D eigenvalue weighted by molar-refractivity contribution is 5.69. The van der Waals surface area contributed by atoms with E-state index in [-0.39, 0.29) is 5.97 Å². The summed E-state index contributed by atoms with van der Waals surface area (Å²) in [7, 11) is 1.41. The summed E-state index contributed by atoms with van der Waals surface area (Å²) < 4.78 is 10.2. The number of methoxy groups -OCH3 is 1. The maximum atomic E-state index is 11.2. The minimum Gasteiger partial charge on any atom is -0.469 e. The monoisotopic (exact) mass is 254 g/mol. The Morgan fingerprint density at radius 1 is 1.44 bits per heavy atom. The molecule has 0 N–H and O–H groups in total. The van der Waals surface area contributed by atoms with E-state index in [4.69, 9.17) is 4.42 Å². The van der Waals surface area contributed by atoms with E-state index in [1.165, 1.54) is 7.11 Å². The van der Waals surface area contributed by atoms with Gasteiger partial charge in [0.1, 0.15) is 5.76 Å². The normalized spacial score (nSPS) is 11.3. The van der Waals surface area contributed by atoms with Crippen LogP contribution in [0, 0.1) is 13.8 Å². The zero-order valence-corrected chi connectivity index (χ0v) is 11.8. The van der Waals surface area contributed by atoms with Gasteiger partial charge in [-0.25, -0.2) is 4.98 Å². The molecule has 0 bridgehead atoms. The van der Waals surface area contributed by atoms with Crippen LogP contribution in [0.5, 0.6) is 0 Å². The van der Waals surface area contributed by atoms with Crippen molar-refractivity contribution in [2.24, 2.45) is 0 Å². The first kappa shape index (κ1) is 14.7. The Bertz CT molecular complexity index is 379. The maximum Gasteiger partial charge on any atom is 0.306 e. The van der Waals surface area contributed by atoms with Crippen molar-refractivity contribution >= 4 is 5.97 Å². The van der Waals surface area contributed by atoms with Gasteiger partial charge in [-0.15, -0.1) is 0 Å². The predicted molar refractivity (Wildman–Crippen MR) is 68.2 cm³/mol. The van der Waals surface area contributed by atoms with Crippen LogP contribution in [0.1, 0.15) is 37.6 Å². The van der Waals surface area contributed by atoms with Crippen LogP contribution in [0.15, 0.2) is 4.42 Å². The second kappa shape index (κ2) is 6.54. The summed E-state index contributed by atoms with van der Waals surface area (Å²) in [5.41, 5.74) is 0.918. The van der Waals surface area contributed by atoms with Crippen molar-refractivity contribution in [2.75, 3.05) is 13.7 Å². The van der Waals surface area contributed by atoms with Crippen LogP contribution in [0.2, 0.25) is 0 Å². The van der Waals surface area contributed by atoms with Crippen molar-refractivity contribution in [3.8, 4) is 0 Å². The average Bonchev–Trinajstić information content (AvgIpc) is 2.63. The summed E-state index contributed by atoms with van der Waals surface area (Å²) in [5.74, 6) is 1.35. The third-order valence-electron chi connectivity index (χ3n) is 2.97. The van der Waals surface area contributed by atoms with Crippen LogP contribution in [0.3, 0.4) is 0 Å². The summed E-state index contributed by atoms with van der Waals surface area (Å²) in [4.78, 5) is 17.7. The number of carbonyl (C=O) groups excluding carboxylic acids is 1. The van der Waals surface area contributed by atoms with Crippen LogP contribution < -0.4 is 0 Å². The molecule has 0 atom stereocenters. The molecule has 1 heterocycles. The number of aromatic nitrogens is 1.